The molecule has 5 heteroatoms. The lowest BCUT2D eigenvalue weighted by Gasteiger charge is -2.23. The molecule has 0 saturated heterocycles. The Morgan fingerprint density at radius 2 is 1.60 bits per heavy atom. The minimum Gasteiger partial charge on any atom is -0.465 e. The van der Waals surface area contributed by atoms with E-state index in [1.165, 1.54) is 0 Å². The molecule has 0 aliphatic carbocycles. The second-order valence-corrected chi connectivity index (χ2v) is 5.31. The molecule has 0 heterocycles. The standard InChI is InChI=1S/C15H22N2O3/c1-9(2)13(17-15(19)20)14(18)16-11(4)12-7-5-10(3)6-8-12/h5-9,11,13,17H,1-4H3,(H,16,18)(H,19,20)/t11-,13?/m0/s1. The van der Waals surface area contributed by atoms with Crippen molar-refractivity contribution in [2.45, 2.75) is 39.8 Å². The van der Waals surface area contributed by atoms with Crippen LogP contribution in [0.15, 0.2) is 24.3 Å². The lowest BCUT2D eigenvalue weighted by Crippen LogP contribution is -2.49. The number of nitrogens with one attached hydrogen (secondary N) is 2. The van der Waals surface area contributed by atoms with Gasteiger partial charge >= 0.3 is 6.09 Å². The molecule has 1 aromatic rings. The fourth-order valence-electron chi connectivity index (χ4n) is 1.91. The monoisotopic (exact) mass is 278 g/mol. The predicted molar refractivity (Wildman–Crippen MR) is 77.5 cm³/mol. The van der Waals surface area contributed by atoms with Crippen molar-refractivity contribution in [3.63, 3.8) is 0 Å². The molecule has 0 spiro atoms. The molecule has 1 rings (SSSR count). The minimum atomic E-state index is -1.19. The number of aryl methyl sites for hydroxylation is 1. The molecule has 1 unspecified atom stereocenters. The molecular weight excluding hydrogens is 256 g/mol. The van der Waals surface area contributed by atoms with Crippen molar-refractivity contribution in [1.29, 1.82) is 0 Å². The quantitative estimate of drug-likeness (QED) is 0.774. The summed E-state index contributed by atoms with van der Waals surface area (Å²) in [5.74, 6) is -0.424. The summed E-state index contributed by atoms with van der Waals surface area (Å²) in [6.45, 7) is 7.48. The second kappa shape index (κ2) is 6.93. The summed E-state index contributed by atoms with van der Waals surface area (Å²) in [4.78, 5) is 22.9. The van der Waals surface area contributed by atoms with Gasteiger partial charge < -0.3 is 15.7 Å². The number of hydrogen-bond donors (Lipinski definition) is 3. The highest BCUT2D eigenvalue weighted by molar-refractivity contribution is 5.85. The molecule has 110 valence electrons. The number of carbonyl (C=O) groups excluding carboxylic acids is 1. The molecule has 1 aromatic carbocycles. The normalized spacial score (nSPS) is 13.7. The first kappa shape index (κ1) is 16.0. The van der Waals surface area contributed by atoms with E-state index in [9.17, 15) is 9.59 Å². The van der Waals surface area contributed by atoms with Crippen LogP contribution in [0.2, 0.25) is 0 Å². The predicted octanol–water partition coefficient (Wildman–Crippen LogP) is 2.46. The molecule has 2 amide bonds. The fourth-order valence-corrected chi connectivity index (χ4v) is 1.91. The summed E-state index contributed by atoms with van der Waals surface area (Å²) >= 11 is 0. The van der Waals surface area contributed by atoms with Crippen LogP contribution in [0.5, 0.6) is 0 Å². The maximum atomic E-state index is 12.1. The van der Waals surface area contributed by atoms with Gasteiger partial charge in [0.15, 0.2) is 0 Å². The summed E-state index contributed by atoms with van der Waals surface area (Å²) in [7, 11) is 0. The molecule has 0 aromatic heterocycles. The van der Waals surface area contributed by atoms with Crippen molar-refractivity contribution >= 4 is 12.0 Å². The summed E-state index contributed by atoms with van der Waals surface area (Å²) in [5.41, 5.74) is 2.14. The van der Waals surface area contributed by atoms with Crippen LogP contribution >= 0.6 is 0 Å². The number of rotatable bonds is 5. The van der Waals surface area contributed by atoms with E-state index < -0.39 is 12.1 Å². The molecular formula is C15H22N2O3. The molecule has 0 bridgehead atoms. The van der Waals surface area contributed by atoms with Crippen molar-refractivity contribution in [1.82, 2.24) is 10.6 Å². The van der Waals surface area contributed by atoms with E-state index in [1.54, 1.807) is 13.8 Å². The van der Waals surface area contributed by atoms with E-state index in [1.807, 2.05) is 38.1 Å². The van der Waals surface area contributed by atoms with Crippen molar-refractivity contribution in [2.75, 3.05) is 0 Å². The second-order valence-electron chi connectivity index (χ2n) is 5.31. The first-order valence-electron chi connectivity index (χ1n) is 6.67. The largest absolute Gasteiger partial charge is 0.465 e. The SMILES string of the molecule is Cc1ccc([C@H](C)NC(=O)C(NC(=O)O)C(C)C)cc1. The van der Waals surface area contributed by atoms with Crippen molar-refractivity contribution in [3.8, 4) is 0 Å². The summed E-state index contributed by atoms with van der Waals surface area (Å²) < 4.78 is 0. The lowest BCUT2D eigenvalue weighted by atomic mass is 10.0. The fraction of sp³-hybridized carbons (Fsp3) is 0.467. The van der Waals surface area contributed by atoms with Crippen molar-refractivity contribution < 1.29 is 14.7 Å². The van der Waals surface area contributed by atoms with Crippen LogP contribution in [0.1, 0.15) is 37.9 Å². The van der Waals surface area contributed by atoms with Crippen molar-refractivity contribution in [2.24, 2.45) is 5.92 Å². The van der Waals surface area contributed by atoms with Gasteiger partial charge in [0.25, 0.3) is 0 Å². The van der Waals surface area contributed by atoms with Crippen LogP contribution in [0.25, 0.3) is 0 Å². The summed E-state index contributed by atoms with van der Waals surface area (Å²) in [6, 6.07) is 6.95. The van der Waals surface area contributed by atoms with Gasteiger partial charge in [-0.1, -0.05) is 43.7 Å². The number of hydrogen-bond acceptors (Lipinski definition) is 2. The number of benzene rings is 1. The molecule has 0 fully saturated rings. The van der Waals surface area contributed by atoms with E-state index in [-0.39, 0.29) is 17.9 Å². The van der Waals surface area contributed by atoms with Gasteiger partial charge in [0, 0.05) is 0 Å². The molecule has 0 aliphatic heterocycles. The highest BCUT2D eigenvalue weighted by atomic mass is 16.4. The van der Waals surface area contributed by atoms with Crippen LogP contribution in [0, 0.1) is 12.8 Å². The number of amides is 2. The van der Waals surface area contributed by atoms with Gasteiger partial charge in [-0.2, -0.15) is 0 Å². The Morgan fingerprint density at radius 1 is 1.05 bits per heavy atom. The molecule has 3 N–H and O–H groups in total. The van der Waals surface area contributed by atoms with Crippen LogP contribution in [-0.2, 0) is 4.79 Å². The lowest BCUT2D eigenvalue weighted by molar-refractivity contribution is -0.124. The third kappa shape index (κ3) is 4.57. The first-order valence-corrected chi connectivity index (χ1v) is 6.67. The molecule has 2 atom stereocenters. The first-order chi connectivity index (χ1) is 9.31. The van der Waals surface area contributed by atoms with Gasteiger partial charge in [-0.3, -0.25) is 4.79 Å². The maximum Gasteiger partial charge on any atom is 0.405 e. The Hall–Kier alpha value is -2.04. The minimum absolute atomic E-state index is 0.115. The van der Waals surface area contributed by atoms with Crippen molar-refractivity contribution in [3.05, 3.63) is 35.4 Å². The van der Waals surface area contributed by atoms with Gasteiger partial charge in [-0.05, 0) is 25.3 Å². The highest BCUT2D eigenvalue weighted by Crippen LogP contribution is 2.14. The van der Waals surface area contributed by atoms with E-state index in [0.717, 1.165) is 11.1 Å². The zero-order chi connectivity index (χ0) is 15.3. The topological polar surface area (TPSA) is 78.4 Å². The van der Waals surface area contributed by atoms with Gasteiger partial charge in [-0.15, -0.1) is 0 Å². The van der Waals surface area contributed by atoms with E-state index in [2.05, 4.69) is 10.6 Å². The van der Waals surface area contributed by atoms with E-state index >= 15 is 0 Å². The average Bonchev–Trinajstić information content (AvgIpc) is 2.35. The molecule has 0 radical (unpaired) electrons. The molecule has 5 nitrogen and oxygen atoms in total. The van der Waals surface area contributed by atoms with Crippen LogP contribution in [-0.4, -0.2) is 23.1 Å². The van der Waals surface area contributed by atoms with E-state index in [4.69, 9.17) is 5.11 Å². The van der Waals surface area contributed by atoms with Gasteiger partial charge in [0.2, 0.25) is 5.91 Å². The Bertz CT molecular complexity index is 469. The third-order valence-electron chi connectivity index (χ3n) is 3.16. The third-order valence-corrected chi connectivity index (χ3v) is 3.16. The van der Waals surface area contributed by atoms with Gasteiger partial charge in [0.05, 0.1) is 6.04 Å². The highest BCUT2D eigenvalue weighted by Gasteiger charge is 2.25. The van der Waals surface area contributed by atoms with Gasteiger partial charge in [-0.25, -0.2) is 4.79 Å². The zero-order valence-electron chi connectivity index (χ0n) is 12.3. The van der Waals surface area contributed by atoms with Gasteiger partial charge in [0.1, 0.15) is 6.04 Å². The molecule has 0 aliphatic rings. The van der Waals surface area contributed by atoms with Crippen LogP contribution < -0.4 is 10.6 Å². The molecule has 0 saturated carbocycles. The number of carboxylic acid groups (broad SMARTS) is 1. The van der Waals surface area contributed by atoms with Crippen LogP contribution in [0.3, 0.4) is 0 Å². The number of carbonyl (C=O) groups is 2. The van der Waals surface area contributed by atoms with E-state index in [0.29, 0.717) is 0 Å². The Labute approximate surface area is 119 Å². The summed E-state index contributed by atoms with van der Waals surface area (Å²) in [5, 5.41) is 13.9. The zero-order valence-corrected chi connectivity index (χ0v) is 12.3. The Kier molecular flexibility index (Phi) is 5.55. The Balaban J connectivity index is 2.72. The van der Waals surface area contributed by atoms with Crippen LogP contribution in [0.4, 0.5) is 4.79 Å². The maximum absolute atomic E-state index is 12.1. The smallest absolute Gasteiger partial charge is 0.405 e. The molecule has 20 heavy (non-hydrogen) atoms. The summed E-state index contributed by atoms with van der Waals surface area (Å²) in [6.07, 6.45) is -1.19. The Morgan fingerprint density at radius 3 is 2.05 bits per heavy atom. The average molecular weight is 278 g/mol.